The molecule has 0 aliphatic rings. The number of anilines is 1. The largest absolute Gasteiger partial charge is 0.368 e. The van der Waals surface area contributed by atoms with Gasteiger partial charge < -0.3 is 5.32 Å². The van der Waals surface area contributed by atoms with Gasteiger partial charge in [0.2, 0.25) is 0 Å². The number of aromatic nitrogens is 2. The van der Waals surface area contributed by atoms with Crippen molar-refractivity contribution in [3.8, 4) is 17.3 Å². The molecule has 1 aromatic carbocycles. The van der Waals surface area contributed by atoms with Crippen molar-refractivity contribution in [2.24, 2.45) is 5.92 Å². The molecule has 0 amide bonds. The second-order valence-electron chi connectivity index (χ2n) is 4.63. The fraction of sp³-hybridized carbons (Fsp3) is 0.286. The Bertz CT molecular complexity index is 546. The molecule has 18 heavy (non-hydrogen) atoms. The number of H-pyrrole nitrogens is 1. The Kier molecular flexibility index (Phi) is 3.63. The van der Waals surface area contributed by atoms with Crippen LogP contribution < -0.4 is 5.32 Å². The highest BCUT2D eigenvalue weighted by atomic mass is 15.2. The van der Waals surface area contributed by atoms with E-state index >= 15 is 0 Å². The number of nitriles is 1. The van der Waals surface area contributed by atoms with Gasteiger partial charge in [-0.2, -0.15) is 10.4 Å². The van der Waals surface area contributed by atoms with Crippen molar-refractivity contribution in [1.29, 1.82) is 5.26 Å². The first-order valence-corrected chi connectivity index (χ1v) is 5.99. The Morgan fingerprint density at radius 1 is 1.33 bits per heavy atom. The number of aromatic amines is 1. The molecule has 0 bridgehead atoms. The monoisotopic (exact) mass is 240 g/mol. The zero-order valence-corrected chi connectivity index (χ0v) is 10.6. The van der Waals surface area contributed by atoms with Gasteiger partial charge in [0.05, 0.1) is 17.3 Å². The minimum atomic E-state index is 0.583. The number of benzene rings is 1. The van der Waals surface area contributed by atoms with E-state index in [4.69, 9.17) is 5.26 Å². The van der Waals surface area contributed by atoms with Crippen LogP contribution in [0.3, 0.4) is 0 Å². The number of hydrogen-bond acceptors (Lipinski definition) is 3. The average molecular weight is 240 g/mol. The molecule has 0 aliphatic carbocycles. The van der Waals surface area contributed by atoms with Gasteiger partial charge in [-0.1, -0.05) is 26.0 Å². The van der Waals surface area contributed by atoms with Crippen LogP contribution in [0.15, 0.2) is 30.3 Å². The van der Waals surface area contributed by atoms with Crippen molar-refractivity contribution in [2.45, 2.75) is 13.8 Å². The summed E-state index contributed by atoms with van der Waals surface area (Å²) in [6.45, 7) is 5.21. The van der Waals surface area contributed by atoms with Crippen LogP contribution in [0.5, 0.6) is 0 Å². The number of nitrogens with zero attached hydrogens (tertiary/aromatic N) is 2. The van der Waals surface area contributed by atoms with E-state index in [9.17, 15) is 0 Å². The molecule has 0 spiro atoms. The van der Waals surface area contributed by atoms with E-state index in [1.807, 2.05) is 18.2 Å². The maximum absolute atomic E-state index is 8.74. The summed E-state index contributed by atoms with van der Waals surface area (Å²) in [6, 6.07) is 11.5. The van der Waals surface area contributed by atoms with Crippen molar-refractivity contribution in [1.82, 2.24) is 10.2 Å². The van der Waals surface area contributed by atoms with Gasteiger partial charge in [-0.25, -0.2) is 0 Å². The van der Waals surface area contributed by atoms with Crippen LogP contribution in [0.2, 0.25) is 0 Å². The molecule has 1 aromatic heterocycles. The van der Waals surface area contributed by atoms with Gasteiger partial charge in [0.1, 0.15) is 5.82 Å². The molecule has 2 aromatic rings. The third-order valence-corrected chi connectivity index (χ3v) is 2.59. The highest BCUT2D eigenvalue weighted by molar-refractivity contribution is 5.63. The zero-order chi connectivity index (χ0) is 13.0. The van der Waals surface area contributed by atoms with Gasteiger partial charge in [0.15, 0.2) is 0 Å². The summed E-state index contributed by atoms with van der Waals surface area (Å²) in [6.07, 6.45) is 0. The third kappa shape index (κ3) is 2.89. The van der Waals surface area contributed by atoms with E-state index < -0.39 is 0 Å². The molecule has 0 aliphatic heterocycles. The fourth-order valence-corrected chi connectivity index (χ4v) is 1.59. The molecule has 2 rings (SSSR count). The summed E-state index contributed by atoms with van der Waals surface area (Å²) in [7, 11) is 0. The molecule has 4 nitrogen and oxygen atoms in total. The second-order valence-corrected chi connectivity index (χ2v) is 4.63. The maximum atomic E-state index is 8.74. The van der Waals surface area contributed by atoms with Gasteiger partial charge in [-0.15, -0.1) is 0 Å². The van der Waals surface area contributed by atoms with Gasteiger partial charge in [0, 0.05) is 12.6 Å². The molecule has 0 atom stereocenters. The zero-order valence-electron chi connectivity index (χ0n) is 10.6. The van der Waals surface area contributed by atoms with Crippen LogP contribution in [0.1, 0.15) is 19.4 Å². The lowest BCUT2D eigenvalue weighted by atomic mass is 10.1. The minimum Gasteiger partial charge on any atom is -0.368 e. The summed E-state index contributed by atoms with van der Waals surface area (Å²) < 4.78 is 0. The van der Waals surface area contributed by atoms with Crippen molar-refractivity contribution in [3.63, 3.8) is 0 Å². The topological polar surface area (TPSA) is 64.5 Å². The van der Waals surface area contributed by atoms with E-state index in [0.717, 1.165) is 23.6 Å². The Hall–Kier alpha value is -2.28. The maximum Gasteiger partial charge on any atom is 0.148 e. The van der Waals surface area contributed by atoms with E-state index in [1.54, 1.807) is 12.1 Å². The first-order valence-electron chi connectivity index (χ1n) is 5.99. The average Bonchev–Trinajstić information content (AvgIpc) is 2.85. The summed E-state index contributed by atoms with van der Waals surface area (Å²) in [5.41, 5.74) is 2.64. The molecular weight excluding hydrogens is 224 g/mol. The lowest BCUT2D eigenvalue weighted by Gasteiger charge is -2.04. The first kappa shape index (κ1) is 12.2. The molecule has 0 fully saturated rings. The molecule has 2 N–H and O–H groups in total. The molecule has 0 radical (unpaired) electrons. The highest BCUT2D eigenvalue weighted by Crippen LogP contribution is 2.20. The molecular formula is C14H16N4. The fourth-order valence-electron chi connectivity index (χ4n) is 1.59. The van der Waals surface area contributed by atoms with Crippen LogP contribution in [0.4, 0.5) is 5.82 Å². The summed E-state index contributed by atoms with van der Waals surface area (Å²) in [5, 5.41) is 19.2. The van der Waals surface area contributed by atoms with Gasteiger partial charge in [-0.05, 0) is 23.6 Å². The Balaban J connectivity index is 2.11. The minimum absolute atomic E-state index is 0.583. The van der Waals surface area contributed by atoms with Crippen molar-refractivity contribution in [3.05, 3.63) is 35.9 Å². The highest BCUT2D eigenvalue weighted by Gasteiger charge is 2.04. The Morgan fingerprint density at radius 2 is 2.06 bits per heavy atom. The van der Waals surface area contributed by atoms with E-state index in [-0.39, 0.29) is 0 Å². The molecule has 0 saturated carbocycles. The van der Waals surface area contributed by atoms with E-state index in [2.05, 4.69) is 35.4 Å². The normalized spacial score (nSPS) is 10.3. The molecule has 1 heterocycles. The lowest BCUT2D eigenvalue weighted by Crippen LogP contribution is -2.07. The quantitative estimate of drug-likeness (QED) is 0.863. The number of nitrogens with one attached hydrogen (secondary N) is 2. The number of hydrogen-bond donors (Lipinski definition) is 2. The van der Waals surface area contributed by atoms with Crippen LogP contribution >= 0.6 is 0 Å². The van der Waals surface area contributed by atoms with Crippen molar-refractivity contribution < 1.29 is 0 Å². The molecule has 0 unspecified atom stereocenters. The van der Waals surface area contributed by atoms with Gasteiger partial charge in [0.25, 0.3) is 0 Å². The molecule has 92 valence electrons. The summed E-state index contributed by atoms with van der Waals surface area (Å²) in [5.74, 6) is 1.43. The van der Waals surface area contributed by atoms with Crippen LogP contribution in [0.25, 0.3) is 11.3 Å². The molecule has 0 saturated heterocycles. The second kappa shape index (κ2) is 5.37. The predicted octanol–water partition coefficient (Wildman–Crippen LogP) is 3.02. The van der Waals surface area contributed by atoms with Crippen LogP contribution in [-0.2, 0) is 0 Å². The first-order chi connectivity index (χ1) is 8.69. The Labute approximate surface area is 107 Å². The molecule has 4 heteroatoms. The van der Waals surface area contributed by atoms with Gasteiger partial charge >= 0.3 is 0 Å². The SMILES string of the molecule is CC(C)CNc1cc(-c2ccc(C#N)cc2)[nH]n1. The smallest absolute Gasteiger partial charge is 0.148 e. The lowest BCUT2D eigenvalue weighted by molar-refractivity contribution is 0.687. The van der Waals surface area contributed by atoms with Crippen molar-refractivity contribution >= 4 is 5.82 Å². The van der Waals surface area contributed by atoms with Gasteiger partial charge in [-0.3, -0.25) is 5.10 Å². The summed E-state index contributed by atoms with van der Waals surface area (Å²) >= 11 is 0. The van der Waals surface area contributed by atoms with Crippen LogP contribution in [0, 0.1) is 17.2 Å². The van der Waals surface area contributed by atoms with E-state index in [0.29, 0.717) is 11.5 Å². The van der Waals surface area contributed by atoms with E-state index in [1.165, 1.54) is 0 Å². The third-order valence-electron chi connectivity index (χ3n) is 2.59. The Morgan fingerprint density at radius 3 is 2.67 bits per heavy atom. The van der Waals surface area contributed by atoms with Crippen LogP contribution in [-0.4, -0.2) is 16.7 Å². The number of rotatable bonds is 4. The summed E-state index contributed by atoms with van der Waals surface area (Å²) in [4.78, 5) is 0. The van der Waals surface area contributed by atoms with Crippen molar-refractivity contribution in [2.75, 3.05) is 11.9 Å². The standard InChI is InChI=1S/C14H16N4/c1-10(2)9-16-14-7-13(17-18-14)12-5-3-11(8-15)4-6-12/h3-7,10H,9H2,1-2H3,(H2,16,17,18). The predicted molar refractivity (Wildman–Crippen MR) is 72.1 cm³/mol.